The average molecular weight is 325 g/mol. The fourth-order valence-corrected chi connectivity index (χ4v) is 3.03. The second-order valence-corrected chi connectivity index (χ2v) is 5.87. The first-order chi connectivity index (χ1) is 11.6. The van der Waals surface area contributed by atoms with E-state index in [0.717, 1.165) is 24.0 Å². The van der Waals surface area contributed by atoms with E-state index in [2.05, 4.69) is 0 Å². The molecule has 1 amide bonds. The van der Waals surface area contributed by atoms with E-state index in [9.17, 15) is 14.7 Å². The molecule has 0 aliphatic carbocycles. The minimum Gasteiger partial charge on any atom is -0.478 e. The van der Waals surface area contributed by atoms with Crippen LogP contribution in [0, 0.1) is 6.92 Å². The second-order valence-electron chi connectivity index (χ2n) is 5.87. The smallest absolute Gasteiger partial charge is 0.414 e. The van der Waals surface area contributed by atoms with Gasteiger partial charge in [-0.25, -0.2) is 9.59 Å². The average Bonchev–Trinajstić information content (AvgIpc) is 2.59. The predicted molar refractivity (Wildman–Crippen MR) is 90.4 cm³/mol. The molecule has 1 N–H and O–H groups in total. The molecule has 0 saturated heterocycles. The van der Waals surface area contributed by atoms with Crippen LogP contribution in [0.25, 0.3) is 0 Å². The van der Waals surface area contributed by atoms with Crippen molar-refractivity contribution < 1.29 is 19.4 Å². The van der Waals surface area contributed by atoms with E-state index >= 15 is 0 Å². The molecule has 1 aliphatic heterocycles. The molecule has 0 spiro atoms. The quantitative estimate of drug-likeness (QED) is 0.932. The van der Waals surface area contributed by atoms with Gasteiger partial charge in [0.1, 0.15) is 6.61 Å². The lowest BCUT2D eigenvalue weighted by Crippen LogP contribution is -2.37. The SMILES string of the molecule is Cc1ccc2c(c1C(=O)O)N(C(=O)OCc1ccccc1)CCC2. The number of carboxylic acid groups (broad SMARTS) is 1. The minimum atomic E-state index is -1.02. The number of nitrogens with zero attached hydrogens (tertiary/aromatic N) is 1. The number of carboxylic acids is 1. The number of aromatic carboxylic acids is 1. The lowest BCUT2D eigenvalue weighted by molar-refractivity contribution is 0.0696. The molecule has 0 fully saturated rings. The van der Waals surface area contributed by atoms with E-state index in [0.29, 0.717) is 17.8 Å². The van der Waals surface area contributed by atoms with Crippen LogP contribution >= 0.6 is 0 Å². The van der Waals surface area contributed by atoms with Crippen LogP contribution in [-0.4, -0.2) is 23.7 Å². The number of amides is 1. The van der Waals surface area contributed by atoms with Crippen molar-refractivity contribution >= 4 is 17.7 Å². The predicted octanol–water partition coefficient (Wildman–Crippen LogP) is 3.78. The van der Waals surface area contributed by atoms with Gasteiger partial charge in [-0.2, -0.15) is 0 Å². The number of ether oxygens (including phenoxy) is 1. The Bertz CT molecular complexity index is 770. The number of anilines is 1. The summed E-state index contributed by atoms with van der Waals surface area (Å²) < 4.78 is 5.39. The third-order valence-corrected chi connectivity index (χ3v) is 4.21. The minimum absolute atomic E-state index is 0.166. The number of rotatable bonds is 3. The maximum Gasteiger partial charge on any atom is 0.414 e. The van der Waals surface area contributed by atoms with Crippen molar-refractivity contribution in [2.75, 3.05) is 11.4 Å². The Labute approximate surface area is 140 Å². The zero-order chi connectivity index (χ0) is 17.1. The molecule has 0 unspecified atom stereocenters. The molecule has 3 rings (SSSR count). The molecule has 0 saturated carbocycles. The van der Waals surface area contributed by atoms with Crippen LogP contribution in [0.2, 0.25) is 0 Å². The summed E-state index contributed by atoms with van der Waals surface area (Å²) >= 11 is 0. The van der Waals surface area contributed by atoms with E-state index in [1.54, 1.807) is 13.0 Å². The normalized spacial score (nSPS) is 13.3. The maximum atomic E-state index is 12.5. The molecule has 24 heavy (non-hydrogen) atoms. The van der Waals surface area contributed by atoms with Gasteiger partial charge in [0.05, 0.1) is 11.3 Å². The Balaban J connectivity index is 1.87. The first-order valence-corrected chi connectivity index (χ1v) is 7.92. The van der Waals surface area contributed by atoms with Gasteiger partial charge in [0.15, 0.2) is 0 Å². The summed E-state index contributed by atoms with van der Waals surface area (Å²) in [5, 5.41) is 9.55. The van der Waals surface area contributed by atoms with Crippen molar-refractivity contribution in [1.82, 2.24) is 0 Å². The zero-order valence-electron chi connectivity index (χ0n) is 13.5. The van der Waals surface area contributed by atoms with Gasteiger partial charge in [-0.15, -0.1) is 0 Å². The lowest BCUT2D eigenvalue weighted by atomic mass is 9.95. The van der Waals surface area contributed by atoms with Crippen molar-refractivity contribution in [2.24, 2.45) is 0 Å². The number of hydrogen-bond donors (Lipinski definition) is 1. The fraction of sp³-hybridized carbons (Fsp3) is 0.263. The van der Waals surface area contributed by atoms with Crippen molar-refractivity contribution in [3.63, 3.8) is 0 Å². The summed E-state index contributed by atoms with van der Waals surface area (Å²) in [4.78, 5) is 25.7. The molecular formula is C19H19NO4. The van der Waals surface area contributed by atoms with Crippen LogP contribution in [0.15, 0.2) is 42.5 Å². The van der Waals surface area contributed by atoms with Gasteiger partial charge in [-0.1, -0.05) is 42.5 Å². The van der Waals surface area contributed by atoms with Gasteiger partial charge < -0.3 is 9.84 Å². The zero-order valence-corrected chi connectivity index (χ0v) is 13.5. The van der Waals surface area contributed by atoms with Gasteiger partial charge >= 0.3 is 12.1 Å². The molecule has 1 aliphatic rings. The summed E-state index contributed by atoms with van der Waals surface area (Å²) in [5.41, 5.74) is 3.08. The van der Waals surface area contributed by atoms with E-state index in [1.807, 2.05) is 36.4 Å². The molecule has 5 nitrogen and oxygen atoms in total. The second kappa shape index (κ2) is 6.74. The van der Waals surface area contributed by atoms with Crippen LogP contribution in [0.4, 0.5) is 10.5 Å². The van der Waals surface area contributed by atoms with Gasteiger partial charge in [0.2, 0.25) is 0 Å². The molecule has 0 bridgehead atoms. The molecule has 1 heterocycles. The molecule has 124 valence electrons. The van der Waals surface area contributed by atoms with Crippen molar-refractivity contribution in [3.05, 3.63) is 64.7 Å². The third kappa shape index (κ3) is 3.11. The summed E-state index contributed by atoms with van der Waals surface area (Å²) in [6.07, 6.45) is 1.04. The van der Waals surface area contributed by atoms with Crippen LogP contribution in [0.3, 0.4) is 0 Å². The van der Waals surface area contributed by atoms with Crippen molar-refractivity contribution in [2.45, 2.75) is 26.4 Å². The van der Waals surface area contributed by atoms with Crippen LogP contribution in [0.5, 0.6) is 0 Å². The van der Waals surface area contributed by atoms with Crippen LogP contribution < -0.4 is 4.90 Å². The number of fused-ring (bicyclic) bond motifs is 1. The van der Waals surface area contributed by atoms with Crippen molar-refractivity contribution in [3.8, 4) is 0 Å². The number of aryl methyl sites for hydroxylation is 2. The molecule has 0 radical (unpaired) electrons. The van der Waals surface area contributed by atoms with E-state index < -0.39 is 12.1 Å². The summed E-state index contributed by atoms with van der Waals surface area (Å²) in [6, 6.07) is 13.1. The Morgan fingerprint density at radius 2 is 1.92 bits per heavy atom. The molecule has 0 atom stereocenters. The van der Waals surface area contributed by atoms with E-state index in [1.165, 1.54) is 4.90 Å². The highest BCUT2D eigenvalue weighted by Gasteiger charge is 2.29. The van der Waals surface area contributed by atoms with Gasteiger partial charge in [-0.05, 0) is 36.5 Å². The highest BCUT2D eigenvalue weighted by molar-refractivity contribution is 6.02. The highest BCUT2D eigenvalue weighted by Crippen LogP contribution is 2.33. The number of hydrogen-bond acceptors (Lipinski definition) is 3. The van der Waals surface area contributed by atoms with E-state index in [-0.39, 0.29) is 12.2 Å². The number of benzene rings is 2. The fourth-order valence-electron chi connectivity index (χ4n) is 3.03. The molecule has 5 heteroatoms. The Hall–Kier alpha value is -2.82. The first-order valence-electron chi connectivity index (χ1n) is 7.92. The van der Waals surface area contributed by atoms with Gasteiger partial charge in [-0.3, -0.25) is 4.90 Å². The number of carbonyl (C=O) groups is 2. The van der Waals surface area contributed by atoms with Crippen LogP contribution in [-0.2, 0) is 17.8 Å². The largest absolute Gasteiger partial charge is 0.478 e. The summed E-state index contributed by atoms with van der Waals surface area (Å²) in [6.45, 7) is 2.37. The topological polar surface area (TPSA) is 66.8 Å². The molecular weight excluding hydrogens is 306 g/mol. The molecule has 0 aromatic heterocycles. The Morgan fingerprint density at radius 1 is 1.17 bits per heavy atom. The summed E-state index contributed by atoms with van der Waals surface area (Å²) in [7, 11) is 0. The third-order valence-electron chi connectivity index (χ3n) is 4.21. The van der Waals surface area contributed by atoms with Gasteiger partial charge in [0, 0.05) is 6.54 Å². The standard InChI is InChI=1S/C19H19NO4/c1-13-9-10-15-8-5-11-20(17(15)16(13)18(21)22)19(23)24-12-14-6-3-2-4-7-14/h2-4,6-7,9-10H,5,8,11-12H2,1H3,(H,21,22). The molecule has 2 aromatic carbocycles. The lowest BCUT2D eigenvalue weighted by Gasteiger charge is -2.30. The van der Waals surface area contributed by atoms with Crippen LogP contribution in [0.1, 0.15) is 33.5 Å². The molecule has 2 aromatic rings. The van der Waals surface area contributed by atoms with Crippen molar-refractivity contribution in [1.29, 1.82) is 0 Å². The highest BCUT2D eigenvalue weighted by atomic mass is 16.6. The summed E-state index contributed by atoms with van der Waals surface area (Å²) in [5.74, 6) is -1.02. The Kier molecular flexibility index (Phi) is 4.51. The monoisotopic (exact) mass is 325 g/mol. The maximum absolute atomic E-state index is 12.5. The number of carbonyl (C=O) groups excluding carboxylic acids is 1. The van der Waals surface area contributed by atoms with E-state index in [4.69, 9.17) is 4.74 Å². The Morgan fingerprint density at radius 3 is 2.62 bits per heavy atom. The van der Waals surface area contributed by atoms with Gasteiger partial charge in [0.25, 0.3) is 0 Å². The first kappa shape index (κ1) is 16.1.